The summed E-state index contributed by atoms with van der Waals surface area (Å²) in [4.78, 5) is 38.3. The molecule has 1 atom stereocenters. The van der Waals surface area contributed by atoms with Crippen molar-refractivity contribution in [3.8, 4) is 0 Å². The smallest absolute Gasteiger partial charge is 0.325 e. The molecule has 10 heteroatoms. The van der Waals surface area contributed by atoms with Crippen molar-refractivity contribution in [3.63, 3.8) is 0 Å². The Bertz CT molecular complexity index is 1070. The minimum absolute atomic E-state index is 0.328. The van der Waals surface area contributed by atoms with Gasteiger partial charge in [0.15, 0.2) is 0 Å². The Morgan fingerprint density at radius 3 is 2.48 bits per heavy atom. The van der Waals surface area contributed by atoms with Crippen LogP contribution in [-0.4, -0.2) is 37.7 Å². The summed E-state index contributed by atoms with van der Waals surface area (Å²) < 4.78 is 22.4. The van der Waals surface area contributed by atoms with Gasteiger partial charge in [-0.05, 0) is 30.2 Å². The minimum atomic E-state index is -3.71. The largest absolute Gasteiger partial charge is 0.325 e. The fourth-order valence-corrected chi connectivity index (χ4v) is 3.77. The summed E-state index contributed by atoms with van der Waals surface area (Å²) in [5, 5.41) is 10.2. The zero-order chi connectivity index (χ0) is 21.2. The van der Waals surface area contributed by atoms with Gasteiger partial charge in [-0.2, -0.15) is 0 Å². The highest BCUT2D eigenvalue weighted by Crippen LogP contribution is 2.28. The van der Waals surface area contributed by atoms with Crippen LogP contribution in [0.15, 0.2) is 54.6 Å². The van der Waals surface area contributed by atoms with Gasteiger partial charge in [0.25, 0.3) is 5.91 Å². The molecule has 1 aliphatic heterocycles. The van der Waals surface area contributed by atoms with E-state index in [2.05, 4.69) is 10.6 Å². The number of nitrogens with two attached hydrogens (primary N) is 1. The van der Waals surface area contributed by atoms with E-state index in [1.165, 1.54) is 6.07 Å². The van der Waals surface area contributed by atoms with Crippen LogP contribution in [0, 0.1) is 0 Å². The topological polar surface area (TPSA) is 139 Å². The lowest BCUT2D eigenvalue weighted by Crippen LogP contribution is -2.42. The zero-order valence-electron chi connectivity index (χ0n) is 15.6. The van der Waals surface area contributed by atoms with E-state index in [-0.39, 0.29) is 5.75 Å². The Morgan fingerprint density at radius 1 is 1.14 bits per heavy atom. The number of nitrogens with one attached hydrogen (secondary N) is 2. The summed E-state index contributed by atoms with van der Waals surface area (Å²) in [6.45, 7) is 1.10. The second-order valence-electron chi connectivity index (χ2n) is 6.87. The maximum Gasteiger partial charge on any atom is 0.325 e. The van der Waals surface area contributed by atoms with Crippen LogP contribution in [0.1, 0.15) is 18.1 Å². The van der Waals surface area contributed by atoms with Gasteiger partial charge < -0.3 is 10.6 Å². The summed E-state index contributed by atoms with van der Waals surface area (Å²) in [6, 6.07) is 14.2. The van der Waals surface area contributed by atoms with Crippen LogP contribution >= 0.6 is 0 Å². The molecule has 0 saturated carbocycles. The molecule has 1 unspecified atom stereocenters. The molecule has 0 spiro atoms. The molecule has 3 rings (SSSR count). The molecule has 2 aromatic rings. The van der Waals surface area contributed by atoms with Crippen LogP contribution in [0.4, 0.5) is 10.5 Å². The van der Waals surface area contributed by atoms with Crippen molar-refractivity contribution in [2.45, 2.75) is 18.2 Å². The van der Waals surface area contributed by atoms with Crippen LogP contribution in [-0.2, 0) is 30.9 Å². The summed E-state index contributed by atoms with van der Waals surface area (Å²) in [6.07, 6.45) is 0. The molecular formula is C19H20N4O5S. The SMILES string of the molecule is CC1(c2ccccc2)NC(=O)N(CC(=O)Nc2cccc(CS(N)(=O)=O)c2)C1=O. The third-order valence-electron chi connectivity index (χ3n) is 4.51. The number of carbonyl (C=O) groups is 3. The van der Waals surface area contributed by atoms with Crippen molar-refractivity contribution in [1.82, 2.24) is 10.2 Å². The molecule has 1 fully saturated rings. The van der Waals surface area contributed by atoms with Gasteiger partial charge in [0.2, 0.25) is 15.9 Å². The lowest BCUT2D eigenvalue weighted by Gasteiger charge is -2.22. The first-order valence-corrected chi connectivity index (χ1v) is 10.4. The van der Waals surface area contributed by atoms with E-state index < -0.39 is 40.0 Å². The second kappa shape index (κ2) is 7.64. The zero-order valence-corrected chi connectivity index (χ0v) is 16.4. The van der Waals surface area contributed by atoms with Crippen LogP contribution in [0.2, 0.25) is 0 Å². The standard InChI is InChI=1S/C19H20N4O5S/c1-19(14-7-3-2-4-8-14)17(25)23(18(26)22-19)11-16(24)21-15-9-5-6-13(10-15)12-29(20,27)28/h2-10H,11-12H2,1H3,(H,21,24)(H,22,26)(H2,20,27,28). The predicted molar refractivity (Wildman–Crippen MR) is 106 cm³/mol. The highest BCUT2D eigenvalue weighted by Gasteiger charge is 2.49. The number of nitrogens with zero attached hydrogens (tertiary/aromatic N) is 1. The average Bonchev–Trinajstić information content (AvgIpc) is 2.85. The number of rotatable bonds is 6. The van der Waals surface area contributed by atoms with Crippen molar-refractivity contribution in [2.24, 2.45) is 5.14 Å². The van der Waals surface area contributed by atoms with E-state index in [9.17, 15) is 22.8 Å². The molecule has 1 saturated heterocycles. The van der Waals surface area contributed by atoms with E-state index in [0.29, 0.717) is 16.8 Å². The van der Waals surface area contributed by atoms with Gasteiger partial charge in [-0.15, -0.1) is 0 Å². The molecule has 0 radical (unpaired) electrons. The summed E-state index contributed by atoms with van der Waals surface area (Å²) in [7, 11) is -3.71. The molecule has 0 bridgehead atoms. The normalized spacial score (nSPS) is 19.2. The molecule has 4 amide bonds. The molecule has 152 valence electrons. The van der Waals surface area contributed by atoms with Crippen LogP contribution < -0.4 is 15.8 Å². The molecule has 4 N–H and O–H groups in total. The van der Waals surface area contributed by atoms with E-state index in [4.69, 9.17) is 5.14 Å². The molecular weight excluding hydrogens is 396 g/mol. The first-order chi connectivity index (χ1) is 13.6. The first kappa shape index (κ1) is 20.5. The molecule has 1 aliphatic rings. The third kappa shape index (κ3) is 4.61. The quantitative estimate of drug-likeness (QED) is 0.600. The summed E-state index contributed by atoms with van der Waals surface area (Å²) in [5.74, 6) is -1.51. The second-order valence-corrected chi connectivity index (χ2v) is 8.48. The van der Waals surface area contributed by atoms with Gasteiger partial charge in [-0.25, -0.2) is 18.4 Å². The monoisotopic (exact) mass is 416 g/mol. The van der Waals surface area contributed by atoms with Gasteiger partial charge in [-0.3, -0.25) is 14.5 Å². The third-order valence-corrected chi connectivity index (χ3v) is 5.24. The van der Waals surface area contributed by atoms with Gasteiger partial charge in [0, 0.05) is 5.69 Å². The highest BCUT2D eigenvalue weighted by atomic mass is 32.2. The molecule has 0 aliphatic carbocycles. The number of hydrogen-bond acceptors (Lipinski definition) is 5. The fraction of sp³-hybridized carbons (Fsp3) is 0.211. The number of carbonyl (C=O) groups excluding carboxylic acids is 3. The van der Waals surface area contributed by atoms with Crippen molar-refractivity contribution in [1.29, 1.82) is 0 Å². The molecule has 0 aromatic heterocycles. The maximum atomic E-state index is 12.8. The van der Waals surface area contributed by atoms with Gasteiger partial charge in [-0.1, -0.05) is 42.5 Å². The van der Waals surface area contributed by atoms with Crippen LogP contribution in [0.3, 0.4) is 0 Å². The van der Waals surface area contributed by atoms with Gasteiger partial charge in [0.05, 0.1) is 5.75 Å². The Morgan fingerprint density at radius 2 is 1.83 bits per heavy atom. The highest BCUT2D eigenvalue weighted by molar-refractivity contribution is 7.88. The lowest BCUT2D eigenvalue weighted by atomic mass is 9.92. The molecule has 29 heavy (non-hydrogen) atoms. The van der Waals surface area contributed by atoms with E-state index in [1.807, 2.05) is 0 Å². The van der Waals surface area contributed by atoms with Crippen LogP contribution in [0.25, 0.3) is 0 Å². The number of sulfonamides is 1. The van der Waals surface area contributed by atoms with Crippen molar-refractivity contribution in [2.75, 3.05) is 11.9 Å². The number of hydrogen-bond donors (Lipinski definition) is 3. The Kier molecular flexibility index (Phi) is 5.40. The molecule has 2 aromatic carbocycles. The minimum Gasteiger partial charge on any atom is -0.325 e. The number of amides is 4. The van der Waals surface area contributed by atoms with Gasteiger partial charge in [0.1, 0.15) is 12.1 Å². The summed E-state index contributed by atoms with van der Waals surface area (Å²) >= 11 is 0. The maximum absolute atomic E-state index is 12.8. The van der Waals surface area contributed by atoms with Crippen molar-refractivity contribution >= 4 is 33.6 Å². The Hall–Kier alpha value is -3.24. The number of anilines is 1. The number of primary sulfonamides is 1. The lowest BCUT2D eigenvalue weighted by molar-refractivity contribution is -0.133. The van der Waals surface area contributed by atoms with Gasteiger partial charge >= 0.3 is 6.03 Å². The van der Waals surface area contributed by atoms with Crippen molar-refractivity contribution in [3.05, 3.63) is 65.7 Å². The number of benzene rings is 2. The molecule has 1 heterocycles. The van der Waals surface area contributed by atoms with E-state index in [0.717, 1.165) is 4.90 Å². The average molecular weight is 416 g/mol. The molecule has 9 nitrogen and oxygen atoms in total. The van der Waals surface area contributed by atoms with Crippen LogP contribution in [0.5, 0.6) is 0 Å². The van der Waals surface area contributed by atoms with Crippen molar-refractivity contribution < 1.29 is 22.8 Å². The Labute approximate surface area is 167 Å². The first-order valence-electron chi connectivity index (χ1n) is 8.67. The predicted octanol–water partition coefficient (Wildman–Crippen LogP) is 0.881. The number of urea groups is 1. The Balaban J connectivity index is 1.71. The van der Waals surface area contributed by atoms with E-state index in [1.54, 1.807) is 55.5 Å². The fourth-order valence-electron chi connectivity index (χ4n) is 3.12. The summed E-state index contributed by atoms with van der Waals surface area (Å²) in [5.41, 5.74) is 0.0801. The number of imide groups is 1. The van der Waals surface area contributed by atoms with E-state index >= 15 is 0 Å².